The highest BCUT2D eigenvalue weighted by molar-refractivity contribution is 5.56. The molecule has 0 fully saturated rings. The highest BCUT2D eigenvalue weighted by Crippen LogP contribution is 2.25. The molecule has 0 radical (unpaired) electrons. The summed E-state index contributed by atoms with van der Waals surface area (Å²) in [6.45, 7) is 1.04. The van der Waals surface area contributed by atoms with E-state index >= 15 is 0 Å². The van der Waals surface area contributed by atoms with Crippen LogP contribution in [0.15, 0.2) is 36.4 Å². The summed E-state index contributed by atoms with van der Waals surface area (Å²) < 4.78 is 0. The van der Waals surface area contributed by atoms with Gasteiger partial charge in [-0.25, -0.2) is 0 Å². The number of rotatable bonds is 0. The van der Waals surface area contributed by atoms with Crippen molar-refractivity contribution in [2.75, 3.05) is 13.6 Å². The Kier molecular flexibility index (Phi) is 1.91. The van der Waals surface area contributed by atoms with Gasteiger partial charge in [0.25, 0.3) is 0 Å². The van der Waals surface area contributed by atoms with E-state index in [1.54, 1.807) is 0 Å². The minimum absolute atomic E-state index is 0.596. The molecule has 0 spiro atoms. The maximum atomic E-state index is 2.37. The number of hydrogen-bond acceptors (Lipinski definition) is 1. The maximum absolute atomic E-state index is 2.37. The van der Waals surface area contributed by atoms with Crippen LogP contribution in [0.4, 0.5) is 0 Å². The van der Waals surface area contributed by atoms with Crippen molar-refractivity contribution in [3.8, 4) is 0 Å². The van der Waals surface area contributed by atoms with Gasteiger partial charge in [0.05, 0.1) is 0 Å². The zero-order valence-electron chi connectivity index (χ0n) is 8.98. The van der Waals surface area contributed by atoms with E-state index < -0.39 is 0 Å². The standard InChI is InChI=1S/C14H15N/c1-15-10-4-6-12-9-8-11-5-2-3-7-13(11)14(12)15/h2-8,12H,9-10H2,1H3. The molecule has 1 nitrogen and oxygen atoms in total. The molecule has 1 heteroatoms. The van der Waals surface area contributed by atoms with Gasteiger partial charge < -0.3 is 4.90 Å². The third kappa shape index (κ3) is 1.30. The third-order valence-electron chi connectivity index (χ3n) is 3.34. The summed E-state index contributed by atoms with van der Waals surface area (Å²) in [7, 11) is 2.19. The average molecular weight is 197 g/mol. The van der Waals surface area contributed by atoms with Gasteiger partial charge in [-0.2, -0.15) is 0 Å². The van der Waals surface area contributed by atoms with E-state index in [1.807, 2.05) is 0 Å². The largest absolute Gasteiger partial charge is 0.373 e. The lowest BCUT2D eigenvalue weighted by molar-refractivity contribution is 0.470. The van der Waals surface area contributed by atoms with Crippen molar-refractivity contribution in [1.82, 2.24) is 4.90 Å². The molecule has 0 N–H and O–H groups in total. The molecule has 1 atom stereocenters. The summed E-state index contributed by atoms with van der Waals surface area (Å²) >= 11 is 0. The molecular weight excluding hydrogens is 182 g/mol. The van der Waals surface area contributed by atoms with Crippen LogP contribution in [-0.2, 0) is 0 Å². The van der Waals surface area contributed by atoms with E-state index in [9.17, 15) is 0 Å². The molecular formula is C14H15N. The lowest BCUT2D eigenvalue weighted by Crippen LogP contribution is -2.40. The van der Waals surface area contributed by atoms with E-state index in [1.165, 1.54) is 16.1 Å². The Hall–Kier alpha value is -1.50. The fourth-order valence-electron chi connectivity index (χ4n) is 2.61. The highest BCUT2D eigenvalue weighted by Gasteiger charge is 2.20. The first-order valence-corrected chi connectivity index (χ1v) is 5.53. The average Bonchev–Trinajstić information content (AvgIpc) is 2.29. The monoisotopic (exact) mass is 197 g/mol. The molecule has 76 valence electrons. The van der Waals surface area contributed by atoms with Gasteiger partial charge in [-0.05, 0) is 11.6 Å². The van der Waals surface area contributed by atoms with E-state index in [0.717, 1.165) is 13.0 Å². The minimum atomic E-state index is 0.596. The second-order valence-corrected chi connectivity index (χ2v) is 4.33. The molecule has 0 saturated carbocycles. The summed E-state index contributed by atoms with van der Waals surface area (Å²) in [6.07, 6.45) is 8.12. The zero-order chi connectivity index (χ0) is 10.3. The van der Waals surface area contributed by atoms with Crippen LogP contribution < -0.4 is 10.4 Å². The molecule has 1 aromatic rings. The SMILES string of the molecule is CN1CC=CC2CC=c3ccccc3=C21. The van der Waals surface area contributed by atoms with E-state index in [4.69, 9.17) is 0 Å². The van der Waals surface area contributed by atoms with Crippen molar-refractivity contribution < 1.29 is 0 Å². The molecule has 3 rings (SSSR count). The van der Waals surface area contributed by atoms with Gasteiger partial charge in [0.15, 0.2) is 0 Å². The third-order valence-corrected chi connectivity index (χ3v) is 3.34. The Bertz CT molecular complexity index is 525. The summed E-state index contributed by atoms with van der Waals surface area (Å²) in [6, 6.07) is 8.71. The maximum Gasteiger partial charge on any atom is 0.0353 e. The molecule has 0 bridgehead atoms. The van der Waals surface area contributed by atoms with Gasteiger partial charge in [0.2, 0.25) is 0 Å². The minimum Gasteiger partial charge on any atom is -0.373 e. The van der Waals surface area contributed by atoms with Crippen LogP contribution >= 0.6 is 0 Å². The molecule has 0 amide bonds. The van der Waals surface area contributed by atoms with Gasteiger partial charge >= 0.3 is 0 Å². The summed E-state index contributed by atoms with van der Waals surface area (Å²) in [5.74, 6) is 0.596. The quantitative estimate of drug-likeness (QED) is 0.563. The molecule has 1 aromatic carbocycles. The van der Waals surface area contributed by atoms with Gasteiger partial charge in [0, 0.05) is 30.4 Å². The van der Waals surface area contributed by atoms with Gasteiger partial charge in [-0.3, -0.25) is 0 Å². The van der Waals surface area contributed by atoms with Crippen LogP contribution in [-0.4, -0.2) is 18.5 Å². The fourth-order valence-corrected chi connectivity index (χ4v) is 2.61. The first-order valence-electron chi connectivity index (χ1n) is 5.53. The highest BCUT2D eigenvalue weighted by atomic mass is 15.1. The van der Waals surface area contributed by atoms with Crippen LogP contribution in [0.3, 0.4) is 0 Å². The number of fused-ring (bicyclic) bond motifs is 2. The van der Waals surface area contributed by atoms with Crippen LogP contribution in [0.2, 0.25) is 0 Å². The van der Waals surface area contributed by atoms with Crippen molar-refractivity contribution in [3.05, 3.63) is 46.9 Å². The molecule has 2 aliphatic rings. The fraction of sp³-hybridized carbons (Fsp3) is 0.286. The van der Waals surface area contributed by atoms with Crippen LogP contribution in [0, 0.1) is 5.92 Å². The predicted octanol–water partition coefficient (Wildman–Crippen LogP) is 1.10. The summed E-state index contributed by atoms with van der Waals surface area (Å²) in [4.78, 5) is 2.37. The van der Waals surface area contributed by atoms with Crippen molar-refractivity contribution >= 4 is 11.8 Å². The molecule has 0 saturated heterocycles. The van der Waals surface area contributed by atoms with Crippen molar-refractivity contribution in [2.24, 2.45) is 5.92 Å². The first kappa shape index (κ1) is 8.78. The van der Waals surface area contributed by atoms with Crippen molar-refractivity contribution in [3.63, 3.8) is 0 Å². The Balaban J connectivity index is 2.36. The van der Waals surface area contributed by atoms with Crippen molar-refractivity contribution in [2.45, 2.75) is 6.42 Å². The topological polar surface area (TPSA) is 3.24 Å². The van der Waals surface area contributed by atoms with E-state index in [0.29, 0.717) is 5.92 Å². The molecule has 1 aliphatic carbocycles. The number of benzene rings is 1. The molecule has 1 heterocycles. The Labute approximate surface area is 90.0 Å². The molecule has 15 heavy (non-hydrogen) atoms. The molecule has 1 aliphatic heterocycles. The summed E-state index contributed by atoms with van der Waals surface area (Å²) in [5.41, 5.74) is 1.50. The number of nitrogens with zero attached hydrogens (tertiary/aromatic N) is 1. The lowest BCUT2D eigenvalue weighted by Gasteiger charge is -2.32. The van der Waals surface area contributed by atoms with Crippen LogP contribution in [0.25, 0.3) is 11.8 Å². The summed E-state index contributed by atoms with van der Waals surface area (Å²) in [5, 5.41) is 2.81. The lowest BCUT2D eigenvalue weighted by atomic mass is 9.90. The van der Waals surface area contributed by atoms with Gasteiger partial charge in [-0.15, -0.1) is 0 Å². The van der Waals surface area contributed by atoms with Crippen LogP contribution in [0.5, 0.6) is 0 Å². The smallest absolute Gasteiger partial charge is 0.0353 e. The van der Waals surface area contributed by atoms with E-state index in [-0.39, 0.29) is 0 Å². The number of likely N-dealkylation sites (N-methyl/N-ethyl adjacent to an activating group) is 1. The second-order valence-electron chi connectivity index (χ2n) is 4.33. The second kappa shape index (κ2) is 3.27. The zero-order valence-corrected chi connectivity index (χ0v) is 8.98. The molecule has 1 unspecified atom stereocenters. The Morgan fingerprint density at radius 2 is 2.13 bits per heavy atom. The Morgan fingerprint density at radius 1 is 1.27 bits per heavy atom. The van der Waals surface area contributed by atoms with Crippen molar-refractivity contribution in [1.29, 1.82) is 0 Å². The predicted molar refractivity (Wildman–Crippen MR) is 63.4 cm³/mol. The van der Waals surface area contributed by atoms with Gasteiger partial charge in [0.1, 0.15) is 0 Å². The number of hydrogen-bond donors (Lipinski definition) is 0. The normalized spacial score (nSPS) is 23.1. The van der Waals surface area contributed by atoms with Crippen LogP contribution in [0.1, 0.15) is 6.42 Å². The van der Waals surface area contributed by atoms with Gasteiger partial charge in [-0.1, -0.05) is 42.5 Å². The molecule has 0 aromatic heterocycles. The first-order chi connectivity index (χ1) is 7.36. The van der Waals surface area contributed by atoms with E-state index in [2.05, 4.69) is 54.4 Å². The Morgan fingerprint density at radius 3 is 3.07 bits per heavy atom.